The molecule has 0 aliphatic heterocycles. The van der Waals surface area contributed by atoms with Gasteiger partial charge in [0, 0.05) is 24.2 Å². The zero-order valence-corrected chi connectivity index (χ0v) is 69.7. The van der Waals surface area contributed by atoms with E-state index in [1.165, 1.54) is 105 Å². The van der Waals surface area contributed by atoms with Crippen LogP contribution in [0.4, 0.5) is 0 Å². The number of methoxy groups -OCH3 is 6. The predicted molar refractivity (Wildman–Crippen MR) is 356 cm³/mol. The first-order valence-electron chi connectivity index (χ1n) is 26.4. The van der Waals surface area contributed by atoms with Crippen molar-refractivity contribution >= 4 is 110 Å². The van der Waals surface area contributed by atoms with Crippen molar-refractivity contribution in [2.45, 2.75) is 48.5 Å². The second-order valence-electron chi connectivity index (χ2n) is 16.7. The Balaban J connectivity index is -0.000000170. The minimum absolute atomic E-state index is 0. The van der Waals surface area contributed by atoms with E-state index in [0.29, 0.717) is 49.0 Å². The fourth-order valence-corrected chi connectivity index (χ4v) is 5.94. The molecular weight excluding hydrogens is 1570 g/mol. The second-order valence-corrected chi connectivity index (χ2v) is 24.1. The van der Waals surface area contributed by atoms with Crippen molar-refractivity contribution in [1.82, 2.24) is 59.8 Å². The first-order valence-corrected chi connectivity index (χ1v) is 31.6. The van der Waals surface area contributed by atoms with Gasteiger partial charge in [0.25, 0.3) is 12.2 Å². The molecule has 4 N–H and O–H groups in total. The normalized spacial score (nSPS) is 8.81. The van der Waals surface area contributed by atoms with Crippen molar-refractivity contribution in [1.29, 1.82) is 0 Å². The maximum absolute atomic E-state index is 11.2. The monoisotopic (exact) mass is 1630 g/mol. The van der Waals surface area contributed by atoms with Gasteiger partial charge in [0.2, 0.25) is 18.0 Å². The molecule has 7 aromatic heterocycles. The van der Waals surface area contributed by atoms with E-state index in [2.05, 4.69) is 145 Å². The van der Waals surface area contributed by atoms with Gasteiger partial charge in [0.1, 0.15) is 22.6 Å². The number of terminal acetylenes is 3. The molecule has 7 heterocycles. The predicted octanol–water partition coefficient (Wildman–Crippen LogP) is -4.26. The van der Waals surface area contributed by atoms with E-state index in [1.54, 1.807) is 41.5 Å². The number of carbonyl (C=O) groups excluding carboxylic acids is 7. The molecule has 0 aliphatic carbocycles. The number of aromatic amines is 1. The number of aromatic carboxylic acids is 1. The van der Waals surface area contributed by atoms with Crippen LogP contribution in [0, 0.1) is 95.6 Å². The van der Waals surface area contributed by atoms with Gasteiger partial charge in [-0.05, 0) is 75.3 Å². The molecule has 0 fully saturated rings. The molecule has 0 amide bonds. The quantitative estimate of drug-likeness (QED) is 0.00996. The molecule has 0 atom stereocenters. The summed E-state index contributed by atoms with van der Waals surface area (Å²) in [5.41, 5.74) is 3.77. The number of halogens is 5. The number of carboxylic acids is 1. The number of esters is 6. The number of rotatable bonds is 12. The van der Waals surface area contributed by atoms with Crippen LogP contribution >= 0.6 is 62.1 Å². The summed E-state index contributed by atoms with van der Waals surface area (Å²) in [4.78, 5) is 144. The molecule has 0 aromatic carbocycles. The largest absolute Gasteiger partial charge is 1.00 e. The standard InChI is InChI=1S/C10H10N2O3.C9H8N2O3.2C7H7ClN2O2.C7H9N2O3.C7H8N2O3.C7H8N2O2.C3H4O.CH2O3.Cl3OP.2K.Li.H2O.H/c1-4-5-15-8-6-11-9(7(2)12-8)10(13)14-3;1-3-4-14-7-5-10-8(9(12)13)6(2)11-7;1-4-6(7(11)12-2)9-3-5(8)10-4;1-4-6(7(11)12-2)10-5(8)3-9-4;1-5-6(7(10)12-2)8-3-4-9(5)11;1-5-6(7(10)12-2)9(11)4-3-8-5;1-5-6(7(10)11-2)9-4-3-8-5;1-2-3-4;2-1-4-3;1-5(2,3)4;;;;;/h1,6H,5H2,2-3H3;1,5H,4H2,2H3,(H,12,13);2*3H,1-2H3;3-4H,1-2H3,(H,8,11);3-4H,1-2H3;3-4H,1-2H3;1,4H,3H2;1,3H;;;;;1H2;/q;;;;+1;;;;;;3*+1;;-1/p-2. The third kappa shape index (κ3) is 48.5. The number of hydrogen-bond donors (Lipinski definition) is 3. The van der Waals surface area contributed by atoms with E-state index in [4.69, 9.17) is 65.8 Å². The fraction of sp³-hybridized carbons (Fsp3) is 0.276. The molecule has 0 aliphatic rings. The number of nitrogens with one attached hydrogen (secondary N) is 1. The number of ether oxygens (including phenoxy) is 8. The van der Waals surface area contributed by atoms with Crippen LogP contribution in [0.1, 0.15) is 115 Å². The van der Waals surface area contributed by atoms with Crippen molar-refractivity contribution in [3.05, 3.63) is 162 Å². The van der Waals surface area contributed by atoms with E-state index < -0.39 is 47.0 Å². The molecular formula is C58H64Cl5K2LiN14O24P+. The number of carboxylic acid groups (broad SMARTS) is 1. The minimum Gasteiger partial charge on any atom is -1.00 e. The summed E-state index contributed by atoms with van der Waals surface area (Å²) >= 11 is 24.9. The second kappa shape index (κ2) is 63.9. The summed E-state index contributed by atoms with van der Waals surface area (Å²) in [6, 6.07) is 0. The third-order valence-electron chi connectivity index (χ3n) is 9.96. The number of aliphatic hydroxyl groups is 1. The number of aromatic nitrogens is 14. The maximum Gasteiger partial charge on any atom is 1.00 e. The summed E-state index contributed by atoms with van der Waals surface area (Å²) < 4.78 is 47.4. The maximum atomic E-state index is 11.2. The first kappa shape index (κ1) is 111. The van der Waals surface area contributed by atoms with Crippen LogP contribution in [0.2, 0.25) is 10.3 Å². The van der Waals surface area contributed by atoms with Gasteiger partial charge in [-0.3, -0.25) is 19.3 Å². The molecule has 0 unspecified atom stereocenters. The van der Waals surface area contributed by atoms with E-state index >= 15 is 0 Å². The van der Waals surface area contributed by atoms with Gasteiger partial charge >= 0.3 is 174 Å². The van der Waals surface area contributed by atoms with E-state index in [9.17, 15) is 48.2 Å². The average molecular weight is 1630 g/mol. The Morgan fingerprint density at radius 2 is 0.933 bits per heavy atom. The zero-order chi connectivity index (χ0) is 78.0. The Kier molecular flexibility index (Phi) is 67.5. The SMILES string of the molecule is C#CCO.C#CCOc1cnc(C(=O)O)c(C)n1.C#CCOc1cnc(C(=O)OC)c(C)n1.COC(=O)c1[nH]cc[n+](=O)c1C.COC(=O)c1c(C)ncc[n+]1[O-].COC(=O)c1nc(Cl)cnc1C.COC(=O)c1ncc(Cl)nc1C.COC(=O)c1nccnc1C.O=CO[O-].O=P(Cl)(Cl)Cl.[H-].[K+].[K+].[Li+].[OH-]. The Bertz CT molecular complexity index is 4120. The summed E-state index contributed by atoms with van der Waals surface area (Å²) in [6.45, 7) is 11.2. The number of carbonyl (C=O) groups is 8. The van der Waals surface area contributed by atoms with Gasteiger partial charge in [0.05, 0.1) is 113 Å². The van der Waals surface area contributed by atoms with Crippen LogP contribution in [0.15, 0.2) is 62.0 Å². The molecule has 7 aromatic rings. The van der Waals surface area contributed by atoms with Crippen molar-refractivity contribution < 1.29 is 239 Å². The van der Waals surface area contributed by atoms with Crippen molar-refractivity contribution in [3.63, 3.8) is 0 Å². The molecule has 0 bridgehead atoms. The number of nitrogens with zero attached hydrogens (tertiary/aromatic N) is 13. The Morgan fingerprint density at radius 1 is 0.571 bits per heavy atom. The van der Waals surface area contributed by atoms with Crippen molar-refractivity contribution in [2.75, 3.05) is 62.5 Å². The van der Waals surface area contributed by atoms with Gasteiger partial charge in [-0.15, -0.1) is 19.3 Å². The number of hydrogen-bond acceptors (Lipinski definition) is 34. The van der Waals surface area contributed by atoms with Gasteiger partial charge < -0.3 is 75.3 Å². The smallest absolute Gasteiger partial charge is 1.00 e. The van der Waals surface area contributed by atoms with Crippen LogP contribution < -0.4 is 146 Å². The summed E-state index contributed by atoms with van der Waals surface area (Å²) in [7, 11) is 7.65. The van der Waals surface area contributed by atoms with Crippen LogP contribution in [0.3, 0.4) is 0 Å². The summed E-state index contributed by atoms with van der Waals surface area (Å²) in [6.07, 6.45) is 27.9. The average Bonchev–Trinajstić information content (AvgIpc) is 0.630. The number of H-pyrrole nitrogens is 1. The van der Waals surface area contributed by atoms with Gasteiger partial charge in [0.15, 0.2) is 53.6 Å². The van der Waals surface area contributed by atoms with Crippen LogP contribution in [-0.4, -0.2) is 186 Å². The Morgan fingerprint density at radius 3 is 1.30 bits per heavy atom. The van der Waals surface area contributed by atoms with E-state index in [-0.39, 0.29) is 217 Å². The number of aliphatic hydroxyl groups excluding tert-OH is 1. The summed E-state index contributed by atoms with van der Waals surface area (Å²) in [5.74, 6) is 2.74. The molecule has 47 heteroatoms. The Hall–Kier alpha value is -7.37. The minimum atomic E-state index is -3.22. The molecule has 0 radical (unpaired) electrons. The first-order chi connectivity index (χ1) is 47.5. The van der Waals surface area contributed by atoms with E-state index in [0.717, 1.165) is 6.20 Å². The molecule has 0 saturated heterocycles. The van der Waals surface area contributed by atoms with Crippen molar-refractivity contribution in [3.8, 4) is 48.8 Å². The van der Waals surface area contributed by atoms with E-state index in [1.807, 2.05) is 5.92 Å². The van der Waals surface area contributed by atoms with Crippen LogP contribution in [0.25, 0.3) is 0 Å². The zero-order valence-electron chi connectivity index (χ0n) is 59.8. The van der Waals surface area contributed by atoms with Crippen LogP contribution in [-0.2, 0) is 42.7 Å². The summed E-state index contributed by atoms with van der Waals surface area (Å²) in [5, 5.41) is 33.0. The van der Waals surface area contributed by atoms with Crippen molar-refractivity contribution in [2.24, 2.45) is 0 Å². The fourth-order valence-electron chi connectivity index (χ4n) is 5.63. The van der Waals surface area contributed by atoms with Gasteiger partial charge in [-0.1, -0.05) is 41.0 Å². The molecule has 0 saturated carbocycles. The molecule has 7 rings (SSSR count). The topological polar surface area (TPSA) is 538 Å². The molecule has 105 heavy (non-hydrogen) atoms. The van der Waals surface area contributed by atoms with Gasteiger partial charge in [-0.2, -0.15) is 4.73 Å². The Labute approximate surface area is 722 Å². The van der Waals surface area contributed by atoms with Crippen LogP contribution in [0.5, 0.6) is 11.8 Å². The van der Waals surface area contributed by atoms with Gasteiger partial charge in [-0.25, -0.2) is 78.4 Å². The molecule has 38 nitrogen and oxygen atoms in total. The third-order valence-corrected chi connectivity index (χ3v) is 10.3. The molecule has 0 spiro atoms. The number of aryl methyl sites for hydroxylation is 6. The molecule has 552 valence electrons.